The molecule has 0 atom stereocenters. The number of ether oxygens (including phenoxy) is 1. The van der Waals surface area contributed by atoms with Crippen LogP contribution in [0.2, 0.25) is 0 Å². The fourth-order valence-corrected chi connectivity index (χ4v) is 3.34. The summed E-state index contributed by atoms with van der Waals surface area (Å²) in [4.78, 5) is 14.4. The number of nitrogens with zero attached hydrogens (tertiary/aromatic N) is 3. The van der Waals surface area contributed by atoms with Gasteiger partial charge in [0.1, 0.15) is 5.75 Å². The molecular formula is C20H16N4OS. The van der Waals surface area contributed by atoms with Crippen LogP contribution in [-0.4, -0.2) is 22.1 Å². The Morgan fingerprint density at radius 2 is 1.77 bits per heavy atom. The minimum absolute atomic E-state index is 0.513. The largest absolute Gasteiger partial charge is 0.497 e. The van der Waals surface area contributed by atoms with Crippen molar-refractivity contribution in [2.75, 3.05) is 12.4 Å². The van der Waals surface area contributed by atoms with Gasteiger partial charge in [0.2, 0.25) is 5.95 Å². The maximum atomic E-state index is 5.28. The highest BCUT2D eigenvalue weighted by Crippen LogP contribution is 2.30. The summed E-state index contributed by atoms with van der Waals surface area (Å²) in [6.07, 6.45) is 3.59. The molecule has 0 amide bonds. The first-order chi connectivity index (χ1) is 12.8. The first-order valence-electron chi connectivity index (χ1n) is 8.07. The van der Waals surface area contributed by atoms with Crippen LogP contribution < -0.4 is 10.1 Å². The molecular weight excluding hydrogens is 344 g/mol. The van der Waals surface area contributed by atoms with E-state index in [0.29, 0.717) is 5.95 Å². The highest BCUT2D eigenvalue weighted by molar-refractivity contribution is 7.18. The number of anilines is 2. The minimum atomic E-state index is 0.513. The van der Waals surface area contributed by atoms with Gasteiger partial charge < -0.3 is 10.1 Å². The number of thiazole rings is 1. The molecule has 0 aliphatic heterocycles. The van der Waals surface area contributed by atoms with Crippen molar-refractivity contribution in [2.45, 2.75) is 0 Å². The van der Waals surface area contributed by atoms with E-state index in [1.165, 1.54) is 0 Å². The fraction of sp³-hybridized carbons (Fsp3) is 0.0500. The second-order valence-corrected chi connectivity index (χ2v) is 6.55. The molecule has 0 aliphatic rings. The lowest BCUT2D eigenvalue weighted by molar-refractivity contribution is 0.415. The molecule has 0 saturated carbocycles. The molecule has 4 rings (SSSR count). The highest BCUT2D eigenvalue weighted by atomic mass is 32.1. The maximum Gasteiger partial charge on any atom is 0.229 e. The monoisotopic (exact) mass is 360 g/mol. The average Bonchev–Trinajstić information content (AvgIpc) is 3.17. The third-order valence-corrected chi connectivity index (χ3v) is 4.77. The summed E-state index contributed by atoms with van der Waals surface area (Å²) in [6.45, 7) is 0. The zero-order valence-corrected chi connectivity index (χ0v) is 14.9. The van der Waals surface area contributed by atoms with Crippen molar-refractivity contribution in [3.63, 3.8) is 0 Å². The van der Waals surface area contributed by atoms with Gasteiger partial charge in [-0.3, -0.25) is 0 Å². The molecule has 4 aromatic rings. The quantitative estimate of drug-likeness (QED) is 0.541. The van der Waals surface area contributed by atoms with E-state index in [2.05, 4.69) is 32.4 Å². The summed E-state index contributed by atoms with van der Waals surface area (Å²) in [5.41, 5.74) is 2.93. The lowest BCUT2D eigenvalue weighted by Gasteiger charge is -2.06. The molecule has 26 heavy (non-hydrogen) atoms. The van der Waals surface area contributed by atoms with Crippen molar-refractivity contribution in [2.24, 2.45) is 0 Å². The maximum absolute atomic E-state index is 5.28. The predicted molar refractivity (Wildman–Crippen MR) is 105 cm³/mol. The number of hydrogen-bond donors (Lipinski definition) is 1. The van der Waals surface area contributed by atoms with Crippen LogP contribution in [0.3, 0.4) is 0 Å². The molecule has 0 spiro atoms. The van der Waals surface area contributed by atoms with Gasteiger partial charge in [0.15, 0.2) is 5.13 Å². The zero-order chi connectivity index (χ0) is 17.8. The van der Waals surface area contributed by atoms with Crippen LogP contribution in [0, 0.1) is 0 Å². The molecule has 0 aliphatic carbocycles. The molecule has 0 fully saturated rings. The molecule has 2 aromatic heterocycles. The Morgan fingerprint density at radius 1 is 0.923 bits per heavy atom. The summed E-state index contributed by atoms with van der Waals surface area (Å²) in [5, 5.41) is 3.94. The van der Waals surface area contributed by atoms with Crippen LogP contribution in [0.15, 0.2) is 73.1 Å². The first kappa shape index (κ1) is 16.2. The Kier molecular flexibility index (Phi) is 4.57. The lowest BCUT2D eigenvalue weighted by atomic mass is 10.1. The normalized spacial score (nSPS) is 10.5. The summed E-state index contributed by atoms with van der Waals surface area (Å²) < 4.78 is 5.28. The minimum Gasteiger partial charge on any atom is -0.497 e. The van der Waals surface area contributed by atoms with Crippen LogP contribution in [0.5, 0.6) is 5.75 Å². The van der Waals surface area contributed by atoms with E-state index in [1.54, 1.807) is 24.6 Å². The number of rotatable bonds is 5. The zero-order valence-electron chi connectivity index (χ0n) is 14.1. The van der Waals surface area contributed by atoms with Gasteiger partial charge in [0.05, 0.1) is 17.7 Å². The first-order valence-corrected chi connectivity index (χ1v) is 8.89. The van der Waals surface area contributed by atoms with Crippen molar-refractivity contribution in [3.8, 4) is 27.4 Å². The predicted octanol–water partition coefficient (Wildman–Crippen LogP) is 5.02. The standard InChI is InChI=1S/C20H16N4OS/c1-25-16-9-5-8-15(12-16)17-10-11-21-19(23-17)24-20-22-13-18(26-20)14-6-3-2-4-7-14/h2-13H,1H3,(H,21,22,23,24). The topological polar surface area (TPSA) is 59.9 Å². The number of benzene rings is 2. The average molecular weight is 360 g/mol. The molecule has 5 nitrogen and oxygen atoms in total. The van der Waals surface area contributed by atoms with Gasteiger partial charge in [-0.15, -0.1) is 0 Å². The Labute approximate surface area is 155 Å². The van der Waals surface area contributed by atoms with Gasteiger partial charge in [-0.25, -0.2) is 15.0 Å². The van der Waals surface area contributed by atoms with E-state index in [0.717, 1.165) is 32.6 Å². The van der Waals surface area contributed by atoms with E-state index in [-0.39, 0.29) is 0 Å². The van der Waals surface area contributed by atoms with Gasteiger partial charge in [-0.2, -0.15) is 0 Å². The lowest BCUT2D eigenvalue weighted by Crippen LogP contribution is -1.97. The van der Waals surface area contributed by atoms with Gasteiger partial charge in [0.25, 0.3) is 0 Å². The van der Waals surface area contributed by atoms with Crippen molar-refractivity contribution in [1.82, 2.24) is 15.0 Å². The molecule has 0 saturated heterocycles. The summed E-state index contributed by atoms with van der Waals surface area (Å²) in [5.74, 6) is 1.31. The third kappa shape index (κ3) is 3.55. The number of aromatic nitrogens is 3. The van der Waals surface area contributed by atoms with Crippen molar-refractivity contribution < 1.29 is 4.74 Å². The molecule has 2 aromatic carbocycles. The number of nitrogens with one attached hydrogen (secondary N) is 1. The smallest absolute Gasteiger partial charge is 0.229 e. The van der Waals surface area contributed by atoms with E-state index in [1.807, 2.05) is 54.7 Å². The van der Waals surface area contributed by atoms with Crippen molar-refractivity contribution >= 4 is 22.4 Å². The van der Waals surface area contributed by atoms with Gasteiger partial charge in [-0.05, 0) is 23.8 Å². The van der Waals surface area contributed by atoms with Crippen LogP contribution in [0.1, 0.15) is 0 Å². The van der Waals surface area contributed by atoms with Crippen molar-refractivity contribution in [1.29, 1.82) is 0 Å². The van der Waals surface area contributed by atoms with Gasteiger partial charge >= 0.3 is 0 Å². The second-order valence-electron chi connectivity index (χ2n) is 5.52. The van der Waals surface area contributed by atoms with Crippen LogP contribution in [-0.2, 0) is 0 Å². The van der Waals surface area contributed by atoms with Crippen molar-refractivity contribution in [3.05, 3.63) is 73.1 Å². The Bertz CT molecular complexity index is 1020. The van der Waals surface area contributed by atoms with Crippen LogP contribution >= 0.6 is 11.3 Å². The molecule has 128 valence electrons. The molecule has 2 heterocycles. The highest BCUT2D eigenvalue weighted by Gasteiger charge is 2.08. The number of methoxy groups -OCH3 is 1. The molecule has 0 radical (unpaired) electrons. The van der Waals surface area contributed by atoms with E-state index in [9.17, 15) is 0 Å². The molecule has 0 bridgehead atoms. The SMILES string of the molecule is COc1cccc(-c2ccnc(Nc3ncc(-c4ccccc4)s3)n2)c1. The Balaban J connectivity index is 1.57. The van der Waals surface area contributed by atoms with Crippen LogP contribution in [0.4, 0.5) is 11.1 Å². The Morgan fingerprint density at radius 3 is 2.62 bits per heavy atom. The summed E-state index contributed by atoms with van der Waals surface area (Å²) in [6, 6.07) is 19.8. The Hall–Kier alpha value is -3.25. The molecule has 1 N–H and O–H groups in total. The summed E-state index contributed by atoms with van der Waals surface area (Å²) >= 11 is 1.57. The van der Waals surface area contributed by atoms with Crippen LogP contribution in [0.25, 0.3) is 21.7 Å². The molecule has 0 unspecified atom stereocenters. The third-order valence-electron chi connectivity index (χ3n) is 3.80. The van der Waals surface area contributed by atoms with E-state index in [4.69, 9.17) is 4.74 Å². The van der Waals surface area contributed by atoms with Gasteiger partial charge in [0, 0.05) is 18.0 Å². The fourth-order valence-electron chi connectivity index (χ4n) is 2.53. The van der Waals surface area contributed by atoms with Gasteiger partial charge in [-0.1, -0.05) is 53.8 Å². The van der Waals surface area contributed by atoms with E-state index < -0.39 is 0 Å². The number of hydrogen-bond acceptors (Lipinski definition) is 6. The second kappa shape index (κ2) is 7.33. The molecule has 6 heteroatoms. The summed E-state index contributed by atoms with van der Waals surface area (Å²) in [7, 11) is 1.65. The van der Waals surface area contributed by atoms with E-state index >= 15 is 0 Å².